The third-order valence-corrected chi connectivity index (χ3v) is 3.48. The van der Waals surface area contributed by atoms with Crippen LogP contribution in [0.2, 0.25) is 0 Å². The Morgan fingerprint density at radius 1 is 1.22 bits per heavy atom. The molecule has 2 aliphatic rings. The maximum Gasteiger partial charge on any atom is 0.231 e. The van der Waals surface area contributed by atoms with Gasteiger partial charge in [0, 0.05) is 6.54 Å². The fraction of sp³-hybridized carbons (Fsp3) is 0.467. The van der Waals surface area contributed by atoms with Gasteiger partial charge in [0.25, 0.3) is 0 Å². The molecule has 18 heavy (non-hydrogen) atoms. The summed E-state index contributed by atoms with van der Waals surface area (Å²) in [4.78, 5) is 2.51. The van der Waals surface area contributed by atoms with Gasteiger partial charge in [0.05, 0.1) is 0 Å². The molecule has 3 heteroatoms. The summed E-state index contributed by atoms with van der Waals surface area (Å²) in [5.74, 6) is 1.71. The average molecular weight is 245 g/mol. The molecule has 0 N–H and O–H groups in total. The van der Waals surface area contributed by atoms with Crippen LogP contribution < -0.4 is 9.47 Å². The number of hydrogen-bond acceptors (Lipinski definition) is 3. The molecule has 0 unspecified atom stereocenters. The van der Waals surface area contributed by atoms with Crippen molar-refractivity contribution in [2.75, 3.05) is 26.4 Å². The van der Waals surface area contributed by atoms with Crippen molar-refractivity contribution in [3.05, 3.63) is 29.3 Å². The smallest absolute Gasteiger partial charge is 0.231 e. The molecule has 2 heterocycles. The highest BCUT2D eigenvalue weighted by molar-refractivity contribution is 5.58. The Hall–Kier alpha value is -1.48. The minimum atomic E-state index is 0.343. The van der Waals surface area contributed by atoms with Crippen molar-refractivity contribution in [1.82, 2.24) is 4.90 Å². The fourth-order valence-electron chi connectivity index (χ4n) is 2.63. The molecule has 0 amide bonds. The van der Waals surface area contributed by atoms with Crippen molar-refractivity contribution in [2.45, 2.75) is 19.8 Å². The zero-order valence-electron chi connectivity index (χ0n) is 10.8. The van der Waals surface area contributed by atoms with E-state index in [2.05, 4.69) is 30.0 Å². The molecule has 96 valence electrons. The van der Waals surface area contributed by atoms with Crippen LogP contribution in [0.4, 0.5) is 0 Å². The van der Waals surface area contributed by atoms with Crippen molar-refractivity contribution in [3.8, 4) is 11.5 Å². The van der Waals surface area contributed by atoms with E-state index in [1.165, 1.54) is 37.1 Å². The maximum absolute atomic E-state index is 5.39. The highest BCUT2D eigenvalue weighted by Crippen LogP contribution is 2.33. The van der Waals surface area contributed by atoms with E-state index in [1.54, 1.807) is 0 Å². The van der Waals surface area contributed by atoms with Crippen molar-refractivity contribution in [3.63, 3.8) is 0 Å². The summed E-state index contributed by atoms with van der Waals surface area (Å²) >= 11 is 0. The largest absolute Gasteiger partial charge is 0.454 e. The van der Waals surface area contributed by atoms with Gasteiger partial charge < -0.3 is 9.47 Å². The lowest BCUT2D eigenvalue weighted by atomic mass is 10.1. The van der Waals surface area contributed by atoms with Crippen molar-refractivity contribution in [1.29, 1.82) is 0 Å². The van der Waals surface area contributed by atoms with Crippen LogP contribution in [0.3, 0.4) is 0 Å². The predicted octanol–water partition coefficient (Wildman–Crippen LogP) is 2.91. The lowest BCUT2D eigenvalue weighted by Gasteiger charge is -2.14. The lowest BCUT2D eigenvalue weighted by molar-refractivity contribution is 0.174. The first-order valence-electron chi connectivity index (χ1n) is 6.60. The highest BCUT2D eigenvalue weighted by Gasteiger charge is 2.13. The second-order valence-electron chi connectivity index (χ2n) is 5.09. The van der Waals surface area contributed by atoms with Crippen molar-refractivity contribution >= 4 is 6.08 Å². The minimum Gasteiger partial charge on any atom is -0.454 e. The van der Waals surface area contributed by atoms with Crippen LogP contribution in [0.25, 0.3) is 6.08 Å². The molecule has 1 fully saturated rings. The lowest BCUT2D eigenvalue weighted by Crippen LogP contribution is -2.20. The first kappa shape index (κ1) is 11.6. The number of hydrogen-bond donors (Lipinski definition) is 0. The first-order valence-corrected chi connectivity index (χ1v) is 6.60. The van der Waals surface area contributed by atoms with Crippen LogP contribution in [0.5, 0.6) is 11.5 Å². The number of rotatable bonds is 3. The van der Waals surface area contributed by atoms with Crippen LogP contribution in [-0.2, 0) is 0 Å². The average Bonchev–Trinajstić information content (AvgIpc) is 2.98. The molecule has 1 aromatic carbocycles. The summed E-state index contributed by atoms with van der Waals surface area (Å²) in [7, 11) is 0. The van der Waals surface area contributed by atoms with Crippen molar-refractivity contribution in [2.24, 2.45) is 0 Å². The number of benzene rings is 1. The Bertz CT molecular complexity index is 462. The first-order chi connectivity index (χ1) is 8.81. The summed E-state index contributed by atoms with van der Waals surface area (Å²) < 4.78 is 10.7. The summed E-state index contributed by atoms with van der Waals surface area (Å²) in [5, 5.41) is 0. The maximum atomic E-state index is 5.39. The minimum absolute atomic E-state index is 0.343. The Labute approximate surface area is 108 Å². The van der Waals surface area contributed by atoms with Gasteiger partial charge >= 0.3 is 0 Å². The van der Waals surface area contributed by atoms with E-state index in [4.69, 9.17) is 9.47 Å². The normalized spacial score (nSPS) is 19.5. The molecule has 0 saturated carbocycles. The number of likely N-dealkylation sites (tertiary alicyclic amines) is 1. The molecule has 1 aromatic rings. The molecule has 3 rings (SSSR count). The van der Waals surface area contributed by atoms with Gasteiger partial charge in [-0.05, 0) is 50.6 Å². The van der Waals surface area contributed by atoms with Gasteiger partial charge in [-0.2, -0.15) is 0 Å². The quantitative estimate of drug-likeness (QED) is 0.817. The second kappa shape index (κ2) is 5.02. The van der Waals surface area contributed by atoms with Gasteiger partial charge in [-0.1, -0.05) is 17.7 Å². The molecule has 0 bridgehead atoms. The van der Waals surface area contributed by atoms with Gasteiger partial charge in [-0.15, -0.1) is 0 Å². The highest BCUT2D eigenvalue weighted by atomic mass is 16.7. The standard InChI is InChI=1S/C15H19NO2/c1-12(10-16-6-2-3-7-16)8-13-4-5-14-15(9-13)18-11-17-14/h4-5,8-9H,2-3,6-7,10-11H2,1H3/b12-8+. The Morgan fingerprint density at radius 3 is 2.83 bits per heavy atom. The molecule has 0 atom stereocenters. The molecule has 0 radical (unpaired) electrons. The molecular weight excluding hydrogens is 226 g/mol. The topological polar surface area (TPSA) is 21.7 Å². The number of fused-ring (bicyclic) bond motifs is 1. The van der Waals surface area contributed by atoms with Gasteiger partial charge in [0.1, 0.15) is 0 Å². The van der Waals surface area contributed by atoms with Gasteiger partial charge in [-0.3, -0.25) is 4.90 Å². The SMILES string of the molecule is C/C(=C\c1ccc2c(c1)OCO2)CN1CCCC1. The molecule has 1 saturated heterocycles. The third-order valence-electron chi connectivity index (χ3n) is 3.48. The summed E-state index contributed by atoms with van der Waals surface area (Å²) in [6, 6.07) is 6.12. The fourth-order valence-corrected chi connectivity index (χ4v) is 2.63. The zero-order chi connectivity index (χ0) is 12.4. The van der Waals surface area contributed by atoms with Gasteiger partial charge in [0.2, 0.25) is 6.79 Å². The van der Waals surface area contributed by atoms with Crippen LogP contribution in [-0.4, -0.2) is 31.3 Å². The second-order valence-corrected chi connectivity index (χ2v) is 5.09. The molecule has 0 aromatic heterocycles. The van der Waals surface area contributed by atoms with E-state index < -0.39 is 0 Å². The molecular formula is C15H19NO2. The molecule has 0 spiro atoms. The van der Waals surface area contributed by atoms with Gasteiger partial charge in [0.15, 0.2) is 11.5 Å². The summed E-state index contributed by atoms with van der Waals surface area (Å²) in [6.45, 7) is 6.10. The summed E-state index contributed by atoms with van der Waals surface area (Å²) in [5.41, 5.74) is 2.59. The van der Waals surface area contributed by atoms with Crippen LogP contribution in [0.1, 0.15) is 25.3 Å². The Balaban J connectivity index is 1.70. The van der Waals surface area contributed by atoms with E-state index >= 15 is 0 Å². The van der Waals surface area contributed by atoms with E-state index in [0.29, 0.717) is 6.79 Å². The van der Waals surface area contributed by atoms with Gasteiger partial charge in [-0.25, -0.2) is 0 Å². The monoisotopic (exact) mass is 245 g/mol. The van der Waals surface area contributed by atoms with Crippen LogP contribution in [0.15, 0.2) is 23.8 Å². The van der Waals surface area contributed by atoms with E-state index in [0.717, 1.165) is 18.0 Å². The summed E-state index contributed by atoms with van der Waals surface area (Å²) in [6.07, 6.45) is 4.93. The van der Waals surface area contributed by atoms with Crippen LogP contribution >= 0.6 is 0 Å². The van der Waals surface area contributed by atoms with E-state index in [-0.39, 0.29) is 0 Å². The molecule has 0 aliphatic carbocycles. The van der Waals surface area contributed by atoms with Crippen LogP contribution in [0, 0.1) is 0 Å². The van der Waals surface area contributed by atoms with E-state index in [9.17, 15) is 0 Å². The number of ether oxygens (including phenoxy) is 2. The number of nitrogens with zero attached hydrogens (tertiary/aromatic N) is 1. The van der Waals surface area contributed by atoms with Crippen molar-refractivity contribution < 1.29 is 9.47 Å². The van der Waals surface area contributed by atoms with E-state index in [1.807, 2.05) is 6.07 Å². The molecule has 2 aliphatic heterocycles. The Morgan fingerprint density at radius 2 is 2.00 bits per heavy atom. The third kappa shape index (κ3) is 2.51. The Kier molecular flexibility index (Phi) is 3.24. The molecule has 3 nitrogen and oxygen atoms in total. The zero-order valence-corrected chi connectivity index (χ0v) is 10.8. The predicted molar refractivity (Wildman–Crippen MR) is 71.9 cm³/mol.